The summed E-state index contributed by atoms with van der Waals surface area (Å²) in [5, 5.41) is 2.92. The molecule has 0 radical (unpaired) electrons. The van der Waals surface area contributed by atoms with Gasteiger partial charge in [-0.05, 0) is 68.4 Å². The normalized spacial score (nSPS) is 31.9. The molecule has 4 bridgehead atoms. The Bertz CT molecular complexity index is 836. The molecule has 0 aliphatic heterocycles. The Labute approximate surface area is 152 Å². The van der Waals surface area contributed by atoms with Crippen LogP contribution in [-0.4, -0.2) is 28.0 Å². The molecule has 4 saturated carbocycles. The molecule has 4 fully saturated rings. The topological polar surface area (TPSA) is 76.0 Å². The SMILES string of the molecule is O=C(CNC(=O)C12CC3CC(CC(C3)C1)C2)Nn1cnc2ccccc21. The van der Waals surface area contributed by atoms with Crippen molar-refractivity contribution in [2.75, 3.05) is 12.0 Å². The number of nitrogens with one attached hydrogen (secondary N) is 2. The van der Waals surface area contributed by atoms with Crippen LogP contribution in [0.3, 0.4) is 0 Å². The van der Waals surface area contributed by atoms with Crippen molar-refractivity contribution >= 4 is 22.8 Å². The zero-order valence-electron chi connectivity index (χ0n) is 14.8. The Balaban J connectivity index is 1.22. The molecule has 6 rings (SSSR count). The Morgan fingerprint density at radius 1 is 1.08 bits per heavy atom. The van der Waals surface area contributed by atoms with Gasteiger partial charge in [0.2, 0.25) is 5.91 Å². The van der Waals surface area contributed by atoms with E-state index >= 15 is 0 Å². The van der Waals surface area contributed by atoms with E-state index in [1.807, 2.05) is 24.3 Å². The fourth-order valence-corrected chi connectivity index (χ4v) is 5.96. The summed E-state index contributed by atoms with van der Waals surface area (Å²) in [6.45, 7) is 0.00703. The number of nitrogens with zero attached hydrogens (tertiary/aromatic N) is 2. The first-order valence-electron chi connectivity index (χ1n) is 9.61. The van der Waals surface area contributed by atoms with Crippen LogP contribution >= 0.6 is 0 Å². The molecule has 4 aliphatic carbocycles. The van der Waals surface area contributed by atoms with Crippen LogP contribution < -0.4 is 10.7 Å². The second kappa shape index (κ2) is 5.83. The standard InChI is InChI=1S/C20H24N4O2/c25-18(23-24-12-22-16-3-1-2-4-17(16)24)11-21-19(26)20-8-13-5-14(9-20)7-15(6-13)10-20/h1-4,12-15H,5-11H2,(H,21,26)(H,23,25). The van der Waals surface area contributed by atoms with Crippen molar-refractivity contribution < 1.29 is 9.59 Å². The Kier molecular flexibility index (Phi) is 3.55. The van der Waals surface area contributed by atoms with Gasteiger partial charge in [0, 0.05) is 5.41 Å². The van der Waals surface area contributed by atoms with Gasteiger partial charge in [-0.2, -0.15) is 0 Å². The molecule has 2 aromatic rings. The summed E-state index contributed by atoms with van der Waals surface area (Å²) in [7, 11) is 0. The molecule has 0 unspecified atom stereocenters. The number of carbonyl (C=O) groups excluding carboxylic acids is 2. The zero-order valence-corrected chi connectivity index (χ0v) is 14.8. The summed E-state index contributed by atoms with van der Waals surface area (Å²) in [4.78, 5) is 29.5. The van der Waals surface area contributed by atoms with Crippen molar-refractivity contribution in [1.29, 1.82) is 0 Å². The lowest BCUT2D eigenvalue weighted by atomic mass is 9.49. The van der Waals surface area contributed by atoms with Gasteiger partial charge in [-0.3, -0.25) is 15.0 Å². The Morgan fingerprint density at radius 3 is 2.42 bits per heavy atom. The third-order valence-corrected chi connectivity index (χ3v) is 6.63. The van der Waals surface area contributed by atoms with E-state index in [1.54, 1.807) is 11.0 Å². The smallest absolute Gasteiger partial charge is 0.258 e. The molecule has 1 aromatic carbocycles. The number of hydrogen-bond donors (Lipinski definition) is 2. The van der Waals surface area contributed by atoms with E-state index in [1.165, 1.54) is 19.3 Å². The number of amides is 2. The molecule has 6 nitrogen and oxygen atoms in total. The lowest BCUT2D eigenvalue weighted by molar-refractivity contribution is -0.146. The summed E-state index contributed by atoms with van der Waals surface area (Å²) >= 11 is 0. The molecule has 136 valence electrons. The highest BCUT2D eigenvalue weighted by Gasteiger charge is 2.54. The van der Waals surface area contributed by atoms with Gasteiger partial charge in [0.15, 0.2) is 0 Å². The third kappa shape index (κ3) is 2.59. The van der Waals surface area contributed by atoms with Crippen LogP contribution in [-0.2, 0) is 9.59 Å². The monoisotopic (exact) mass is 352 g/mol. The maximum absolute atomic E-state index is 12.9. The zero-order chi connectivity index (χ0) is 17.7. The molecule has 4 aliphatic rings. The summed E-state index contributed by atoms with van der Waals surface area (Å²) < 4.78 is 1.61. The van der Waals surface area contributed by atoms with Crippen LogP contribution in [0.5, 0.6) is 0 Å². The predicted molar refractivity (Wildman–Crippen MR) is 97.7 cm³/mol. The number of benzene rings is 1. The first-order valence-corrected chi connectivity index (χ1v) is 9.61. The largest absolute Gasteiger partial charge is 0.346 e. The quantitative estimate of drug-likeness (QED) is 0.887. The van der Waals surface area contributed by atoms with Gasteiger partial charge in [-0.1, -0.05) is 12.1 Å². The van der Waals surface area contributed by atoms with E-state index in [-0.39, 0.29) is 23.8 Å². The van der Waals surface area contributed by atoms with Crippen molar-refractivity contribution in [3.63, 3.8) is 0 Å². The summed E-state index contributed by atoms with van der Waals surface area (Å²) in [6.07, 6.45) is 8.54. The number of fused-ring (bicyclic) bond motifs is 1. The minimum atomic E-state index is -0.230. The van der Waals surface area contributed by atoms with Crippen LogP contribution in [0.2, 0.25) is 0 Å². The van der Waals surface area contributed by atoms with Crippen LogP contribution in [0.25, 0.3) is 11.0 Å². The fourth-order valence-electron chi connectivity index (χ4n) is 5.96. The molecule has 6 heteroatoms. The number of carbonyl (C=O) groups is 2. The van der Waals surface area contributed by atoms with E-state index in [0.717, 1.165) is 48.0 Å². The van der Waals surface area contributed by atoms with Gasteiger partial charge in [0.1, 0.15) is 6.33 Å². The molecule has 2 amide bonds. The van der Waals surface area contributed by atoms with Gasteiger partial charge in [0.05, 0.1) is 17.6 Å². The molecule has 2 N–H and O–H groups in total. The lowest BCUT2D eigenvalue weighted by Gasteiger charge is -2.55. The van der Waals surface area contributed by atoms with Gasteiger partial charge < -0.3 is 5.32 Å². The van der Waals surface area contributed by atoms with Crippen molar-refractivity contribution in [1.82, 2.24) is 15.0 Å². The van der Waals surface area contributed by atoms with E-state index in [2.05, 4.69) is 15.7 Å². The predicted octanol–water partition coefficient (Wildman–Crippen LogP) is 2.44. The van der Waals surface area contributed by atoms with Crippen LogP contribution in [0.4, 0.5) is 0 Å². The Hall–Kier alpha value is -2.37. The third-order valence-electron chi connectivity index (χ3n) is 6.63. The molecular formula is C20H24N4O2. The van der Waals surface area contributed by atoms with Crippen molar-refractivity contribution in [3.8, 4) is 0 Å². The highest BCUT2D eigenvalue weighted by molar-refractivity contribution is 5.92. The van der Waals surface area contributed by atoms with Gasteiger partial charge in [0.25, 0.3) is 5.91 Å². The van der Waals surface area contributed by atoms with Crippen molar-refractivity contribution in [3.05, 3.63) is 30.6 Å². The van der Waals surface area contributed by atoms with Crippen molar-refractivity contribution in [2.45, 2.75) is 38.5 Å². The average molecular weight is 352 g/mol. The lowest BCUT2D eigenvalue weighted by Crippen LogP contribution is -2.54. The van der Waals surface area contributed by atoms with Gasteiger partial charge in [-0.25, -0.2) is 9.66 Å². The number of aromatic nitrogens is 2. The minimum absolute atomic E-state index is 0.00703. The number of hydrogen-bond acceptors (Lipinski definition) is 3. The van der Waals surface area contributed by atoms with E-state index in [4.69, 9.17) is 0 Å². The van der Waals surface area contributed by atoms with Gasteiger partial charge >= 0.3 is 0 Å². The molecule has 1 heterocycles. The highest BCUT2D eigenvalue weighted by atomic mass is 16.2. The summed E-state index contributed by atoms with van der Waals surface area (Å²) in [5.41, 5.74) is 4.25. The van der Waals surface area contributed by atoms with Crippen LogP contribution in [0.15, 0.2) is 30.6 Å². The molecular weight excluding hydrogens is 328 g/mol. The number of para-hydroxylation sites is 2. The van der Waals surface area contributed by atoms with Crippen molar-refractivity contribution in [2.24, 2.45) is 23.2 Å². The average Bonchev–Trinajstić information content (AvgIpc) is 3.01. The summed E-state index contributed by atoms with van der Waals surface area (Å²) in [5.74, 6) is 2.02. The van der Waals surface area contributed by atoms with Crippen LogP contribution in [0, 0.1) is 23.2 Å². The van der Waals surface area contributed by atoms with Crippen LogP contribution in [0.1, 0.15) is 38.5 Å². The maximum atomic E-state index is 12.9. The fraction of sp³-hybridized carbons (Fsp3) is 0.550. The van der Waals surface area contributed by atoms with E-state index in [9.17, 15) is 9.59 Å². The highest BCUT2D eigenvalue weighted by Crippen LogP contribution is 2.60. The molecule has 26 heavy (non-hydrogen) atoms. The van der Waals surface area contributed by atoms with Gasteiger partial charge in [-0.15, -0.1) is 0 Å². The second-order valence-electron chi connectivity index (χ2n) is 8.52. The number of imidazole rings is 1. The first-order chi connectivity index (χ1) is 12.6. The molecule has 0 saturated heterocycles. The Morgan fingerprint density at radius 2 is 1.73 bits per heavy atom. The van der Waals surface area contributed by atoms with E-state index < -0.39 is 0 Å². The number of rotatable bonds is 4. The first kappa shape index (κ1) is 15.9. The van der Waals surface area contributed by atoms with E-state index in [0.29, 0.717) is 0 Å². The second-order valence-corrected chi connectivity index (χ2v) is 8.52. The minimum Gasteiger partial charge on any atom is -0.346 e. The maximum Gasteiger partial charge on any atom is 0.258 e. The molecule has 0 spiro atoms. The molecule has 1 aromatic heterocycles. The molecule has 0 atom stereocenters. The summed E-state index contributed by atoms with van der Waals surface area (Å²) in [6, 6.07) is 7.61.